The van der Waals surface area contributed by atoms with Gasteiger partial charge in [0.05, 0.1) is 12.1 Å². The van der Waals surface area contributed by atoms with Crippen molar-refractivity contribution in [1.82, 2.24) is 14.9 Å². The van der Waals surface area contributed by atoms with Crippen LogP contribution in [-0.2, 0) is 11.8 Å². The van der Waals surface area contributed by atoms with Crippen LogP contribution in [0.1, 0.15) is 17.0 Å². The highest BCUT2D eigenvalue weighted by Crippen LogP contribution is 2.37. The summed E-state index contributed by atoms with van der Waals surface area (Å²) in [5.41, 5.74) is 6.03. The Labute approximate surface area is 99.1 Å². The molecule has 6 heteroatoms. The van der Waals surface area contributed by atoms with E-state index in [2.05, 4.69) is 10.3 Å². The first-order chi connectivity index (χ1) is 8.18. The fraction of sp³-hybridized carbons (Fsp3) is 0.636. The third-order valence-electron chi connectivity index (χ3n) is 3.77. The van der Waals surface area contributed by atoms with Crippen LogP contribution in [0, 0.1) is 5.92 Å². The molecule has 0 spiro atoms. The Bertz CT molecular complexity index is 444. The van der Waals surface area contributed by atoms with E-state index in [1.165, 1.54) is 0 Å². The van der Waals surface area contributed by atoms with E-state index >= 15 is 0 Å². The van der Waals surface area contributed by atoms with Crippen LogP contribution >= 0.6 is 0 Å². The molecule has 2 fully saturated rings. The summed E-state index contributed by atoms with van der Waals surface area (Å²) in [5, 5.41) is 2.91. The molecular weight excluding hydrogens is 220 g/mol. The number of nitrogens with zero attached hydrogens (tertiary/aromatic N) is 2. The fourth-order valence-electron chi connectivity index (χ4n) is 2.73. The van der Waals surface area contributed by atoms with Gasteiger partial charge in [-0.05, 0) is 6.42 Å². The molecule has 2 aliphatic rings. The van der Waals surface area contributed by atoms with Crippen molar-refractivity contribution in [2.24, 2.45) is 18.7 Å². The molecule has 0 bridgehead atoms. The number of amides is 1. The van der Waals surface area contributed by atoms with Gasteiger partial charge in [-0.2, -0.15) is 0 Å². The number of carbonyl (C=O) groups is 1. The Kier molecular flexibility index (Phi) is 2.41. The molecule has 1 aromatic rings. The number of carbonyl (C=O) groups excluding carboxylic acids is 1. The number of hydrogen-bond donors (Lipinski definition) is 2. The second-order valence-corrected chi connectivity index (χ2v) is 4.73. The van der Waals surface area contributed by atoms with Gasteiger partial charge in [0.25, 0.3) is 5.91 Å². The molecule has 1 aliphatic carbocycles. The van der Waals surface area contributed by atoms with E-state index in [0.717, 1.165) is 13.0 Å². The number of hydrogen-bond acceptors (Lipinski definition) is 4. The highest BCUT2D eigenvalue weighted by Gasteiger charge is 2.52. The van der Waals surface area contributed by atoms with Crippen LogP contribution < -0.4 is 11.1 Å². The molecule has 1 saturated heterocycles. The maximum Gasteiger partial charge on any atom is 0.287 e. The number of rotatable bonds is 2. The second kappa shape index (κ2) is 3.82. The highest BCUT2D eigenvalue weighted by atomic mass is 16.5. The Balaban J connectivity index is 1.68. The molecule has 1 aromatic heterocycles. The smallest absolute Gasteiger partial charge is 0.287 e. The zero-order valence-electron chi connectivity index (χ0n) is 9.67. The van der Waals surface area contributed by atoms with Crippen LogP contribution in [-0.4, -0.2) is 40.3 Å². The van der Waals surface area contributed by atoms with Crippen LogP contribution in [0.4, 0.5) is 0 Å². The first-order valence-corrected chi connectivity index (χ1v) is 5.84. The number of aryl methyl sites for hydroxylation is 1. The van der Waals surface area contributed by atoms with E-state index < -0.39 is 0 Å². The first-order valence-electron chi connectivity index (χ1n) is 5.84. The minimum atomic E-state index is -0.188. The van der Waals surface area contributed by atoms with Crippen molar-refractivity contribution in [2.75, 3.05) is 6.61 Å². The first kappa shape index (κ1) is 10.7. The average molecular weight is 236 g/mol. The minimum Gasteiger partial charge on any atom is -0.376 e. The number of imidazole rings is 1. The normalized spacial score (nSPS) is 35.2. The van der Waals surface area contributed by atoms with Gasteiger partial charge >= 0.3 is 0 Å². The van der Waals surface area contributed by atoms with Gasteiger partial charge in [-0.15, -0.1) is 0 Å². The Morgan fingerprint density at radius 1 is 1.71 bits per heavy atom. The number of nitrogens with two attached hydrogens (primary N) is 1. The summed E-state index contributed by atoms with van der Waals surface area (Å²) in [6.45, 7) is 0.748. The maximum atomic E-state index is 12.0. The van der Waals surface area contributed by atoms with Crippen molar-refractivity contribution in [3.8, 4) is 0 Å². The van der Waals surface area contributed by atoms with E-state index in [4.69, 9.17) is 10.5 Å². The number of aromatic nitrogens is 2. The highest BCUT2D eigenvalue weighted by molar-refractivity contribution is 5.91. The number of ether oxygens (including phenoxy) is 1. The van der Waals surface area contributed by atoms with Gasteiger partial charge in [-0.25, -0.2) is 4.98 Å². The molecule has 3 rings (SSSR count). The number of fused-ring (bicyclic) bond motifs is 1. The van der Waals surface area contributed by atoms with Crippen LogP contribution in [0.15, 0.2) is 12.4 Å². The molecule has 2 heterocycles. The van der Waals surface area contributed by atoms with Gasteiger partial charge in [0.2, 0.25) is 0 Å². The third-order valence-corrected chi connectivity index (χ3v) is 3.77. The van der Waals surface area contributed by atoms with Gasteiger partial charge in [-0.3, -0.25) is 4.79 Å². The monoisotopic (exact) mass is 236 g/mol. The molecule has 92 valence electrons. The summed E-state index contributed by atoms with van der Waals surface area (Å²) in [7, 11) is 1.79. The molecule has 1 aliphatic heterocycles. The van der Waals surface area contributed by atoms with E-state index in [0.29, 0.717) is 11.7 Å². The van der Waals surface area contributed by atoms with Gasteiger partial charge in [0.15, 0.2) is 5.82 Å². The molecule has 4 unspecified atom stereocenters. The summed E-state index contributed by atoms with van der Waals surface area (Å²) in [5.74, 6) is 0.618. The number of nitrogens with one attached hydrogen (secondary N) is 1. The minimum absolute atomic E-state index is 0.00622. The van der Waals surface area contributed by atoms with Crippen molar-refractivity contribution in [2.45, 2.75) is 24.6 Å². The lowest BCUT2D eigenvalue weighted by Gasteiger charge is -2.45. The lowest BCUT2D eigenvalue weighted by atomic mass is 9.72. The Morgan fingerprint density at radius 3 is 3.24 bits per heavy atom. The van der Waals surface area contributed by atoms with Gasteiger partial charge < -0.3 is 20.4 Å². The van der Waals surface area contributed by atoms with Crippen LogP contribution in [0.5, 0.6) is 0 Å². The summed E-state index contributed by atoms with van der Waals surface area (Å²) in [6.07, 6.45) is 4.43. The van der Waals surface area contributed by atoms with E-state index in [1.807, 2.05) is 0 Å². The Morgan fingerprint density at radius 2 is 2.53 bits per heavy atom. The molecule has 1 amide bonds. The SMILES string of the molecule is Cn1ccnc1C(=O)NC1C(N)C2CCOC21. The summed E-state index contributed by atoms with van der Waals surface area (Å²) in [6, 6.07) is -0.0709. The van der Waals surface area contributed by atoms with Gasteiger partial charge in [-0.1, -0.05) is 0 Å². The van der Waals surface area contributed by atoms with Crippen LogP contribution in [0.25, 0.3) is 0 Å². The zero-order valence-corrected chi connectivity index (χ0v) is 9.67. The van der Waals surface area contributed by atoms with E-state index in [-0.39, 0.29) is 24.1 Å². The largest absolute Gasteiger partial charge is 0.376 e. The fourth-order valence-corrected chi connectivity index (χ4v) is 2.73. The third kappa shape index (κ3) is 1.56. The summed E-state index contributed by atoms with van der Waals surface area (Å²) >= 11 is 0. The summed E-state index contributed by atoms with van der Waals surface area (Å²) in [4.78, 5) is 16.0. The summed E-state index contributed by atoms with van der Waals surface area (Å²) < 4.78 is 7.25. The molecular formula is C11H16N4O2. The molecule has 0 radical (unpaired) electrons. The molecule has 4 atom stereocenters. The van der Waals surface area contributed by atoms with Crippen molar-refractivity contribution in [3.05, 3.63) is 18.2 Å². The van der Waals surface area contributed by atoms with E-state index in [9.17, 15) is 4.79 Å². The van der Waals surface area contributed by atoms with Crippen molar-refractivity contribution >= 4 is 5.91 Å². The predicted molar refractivity (Wildman–Crippen MR) is 60.3 cm³/mol. The van der Waals surface area contributed by atoms with Crippen LogP contribution in [0.2, 0.25) is 0 Å². The van der Waals surface area contributed by atoms with Crippen molar-refractivity contribution < 1.29 is 9.53 Å². The standard InChI is InChI=1S/C11H16N4O2/c1-15-4-3-13-10(15)11(16)14-8-7(12)6-2-5-17-9(6)8/h3-4,6-9H,2,5,12H2,1H3,(H,14,16). The van der Waals surface area contributed by atoms with Crippen molar-refractivity contribution in [3.63, 3.8) is 0 Å². The van der Waals surface area contributed by atoms with Gasteiger partial charge in [0.1, 0.15) is 0 Å². The lowest BCUT2D eigenvalue weighted by molar-refractivity contribution is -0.0162. The molecule has 0 aromatic carbocycles. The lowest BCUT2D eigenvalue weighted by Crippen LogP contribution is -2.69. The van der Waals surface area contributed by atoms with E-state index in [1.54, 1.807) is 24.0 Å². The van der Waals surface area contributed by atoms with Crippen LogP contribution in [0.3, 0.4) is 0 Å². The quantitative estimate of drug-likeness (QED) is 0.709. The molecule has 1 saturated carbocycles. The maximum absolute atomic E-state index is 12.0. The molecule has 6 nitrogen and oxygen atoms in total. The Hall–Kier alpha value is -1.40. The molecule has 17 heavy (non-hydrogen) atoms. The van der Waals surface area contributed by atoms with Gasteiger partial charge in [0, 0.05) is 38.0 Å². The topological polar surface area (TPSA) is 82.2 Å². The second-order valence-electron chi connectivity index (χ2n) is 4.73. The molecule has 3 N–H and O–H groups in total. The predicted octanol–water partition coefficient (Wildman–Crippen LogP) is -0.735. The average Bonchev–Trinajstić information content (AvgIpc) is 2.91. The van der Waals surface area contributed by atoms with Crippen molar-refractivity contribution in [1.29, 1.82) is 0 Å². The zero-order chi connectivity index (χ0) is 12.0.